The first kappa shape index (κ1) is 17.8. The largest absolute Gasteiger partial charge is 0.480 e. The van der Waals surface area contributed by atoms with E-state index >= 15 is 0 Å². The van der Waals surface area contributed by atoms with E-state index in [9.17, 15) is 14.7 Å². The number of aromatic carboxylic acids is 1. The molecule has 2 heterocycles. The minimum Gasteiger partial charge on any atom is -0.480 e. The maximum Gasteiger partial charge on any atom is 0.335 e. The fraction of sp³-hybridized carbons (Fsp3) is 0.368. The first-order chi connectivity index (χ1) is 12.6. The Balaban J connectivity index is 1.59. The summed E-state index contributed by atoms with van der Waals surface area (Å²) in [5.41, 5.74) is 1.52. The van der Waals surface area contributed by atoms with Crippen LogP contribution < -0.4 is 4.74 Å². The van der Waals surface area contributed by atoms with Crippen LogP contribution in [-0.4, -0.2) is 52.3 Å². The van der Waals surface area contributed by atoms with Gasteiger partial charge in [-0.1, -0.05) is 18.2 Å². The van der Waals surface area contributed by atoms with Crippen molar-refractivity contribution in [1.82, 2.24) is 15.1 Å². The fourth-order valence-electron chi connectivity index (χ4n) is 3.26. The summed E-state index contributed by atoms with van der Waals surface area (Å²) in [4.78, 5) is 25.6. The van der Waals surface area contributed by atoms with Crippen molar-refractivity contribution < 1.29 is 19.4 Å². The van der Waals surface area contributed by atoms with E-state index < -0.39 is 5.97 Å². The molecular weight excluding hydrogens is 334 g/mol. The first-order valence-electron chi connectivity index (χ1n) is 8.56. The van der Waals surface area contributed by atoms with Crippen LogP contribution in [0.1, 0.15) is 39.3 Å². The Morgan fingerprint density at radius 2 is 1.88 bits per heavy atom. The Kier molecular flexibility index (Phi) is 5.46. The van der Waals surface area contributed by atoms with E-state index in [1.54, 1.807) is 29.2 Å². The van der Waals surface area contributed by atoms with E-state index in [1.165, 1.54) is 7.11 Å². The van der Waals surface area contributed by atoms with E-state index in [0.29, 0.717) is 42.6 Å². The number of piperidine rings is 1. The number of ether oxygens (including phenoxy) is 1. The van der Waals surface area contributed by atoms with Crippen molar-refractivity contribution in [3.8, 4) is 5.88 Å². The minimum absolute atomic E-state index is 0.135. The highest BCUT2D eigenvalue weighted by Gasteiger charge is 2.25. The number of carbonyl (C=O) groups is 2. The summed E-state index contributed by atoms with van der Waals surface area (Å²) in [5, 5.41) is 17.0. The molecule has 0 atom stereocenters. The topological polar surface area (TPSA) is 92.6 Å². The van der Waals surface area contributed by atoms with Crippen LogP contribution >= 0.6 is 0 Å². The van der Waals surface area contributed by atoms with Crippen LogP contribution in [-0.2, 0) is 6.42 Å². The van der Waals surface area contributed by atoms with Crippen LogP contribution in [0, 0.1) is 5.92 Å². The zero-order valence-corrected chi connectivity index (χ0v) is 14.6. The molecule has 0 radical (unpaired) electrons. The van der Waals surface area contributed by atoms with Gasteiger partial charge in [-0.15, -0.1) is 10.2 Å². The van der Waals surface area contributed by atoms with Gasteiger partial charge in [0.25, 0.3) is 5.91 Å². The van der Waals surface area contributed by atoms with Crippen LogP contribution in [0.25, 0.3) is 0 Å². The molecule has 0 saturated carbocycles. The molecule has 1 fully saturated rings. The van der Waals surface area contributed by atoms with Crippen molar-refractivity contribution in [2.75, 3.05) is 20.2 Å². The molecular formula is C19H21N3O4. The number of carboxylic acids is 1. The Bertz CT molecular complexity index is 784. The van der Waals surface area contributed by atoms with Crippen molar-refractivity contribution in [2.24, 2.45) is 5.92 Å². The van der Waals surface area contributed by atoms with Crippen molar-refractivity contribution in [3.05, 3.63) is 53.2 Å². The molecule has 0 aliphatic carbocycles. The summed E-state index contributed by atoms with van der Waals surface area (Å²) in [5.74, 6) is -0.297. The molecule has 1 amide bonds. The smallest absolute Gasteiger partial charge is 0.335 e. The molecule has 0 bridgehead atoms. The number of nitrogens with zero attached hydrogens (tertiary/aromatic N) is 3. The molecule has 1 N–H and O–H groups in total. The monoisotopic (exact) mass is 355 g/mol. The highest BCUT2D eigenvalue weighted by molar-refractivity contribution is 5.92. The zero-order chi connectivity index (χ0) is 18.5. The van der Waals surface area contributed by atoms with Crippen LogP contribution in [0.15, 0.2) is 36.4 Å². The number of hydrogen-bond donors (Lipinski definition) is 1. The maximum absolute atomic E-state index is 12.5. The first-order valence-corrected chi connectivity index (χ1v) is 8.56. The molecule has 0 unspecified atom stereocenters. The third-order valence-electron chi connectivity index (χ3n) is 4.73. The zero-order valence-electron chi connectivity index (χ0n) is 14.6. The van der Waals surface area contributed by atoms with Crippen LogP contribution in [0.4, 0.5) is 0 Å². The predicted octanol–water partition coefficient (Wildman–Crippen LogP) is 2.28. The lowest BCUT2D eigenvalue weighted by Crippen LogP contribution is -2.39. The molecule has 7 heteroatoms. The highest BCUT2D eigenvalue weighted by Crippen LogP contribution is 2.24. The molecule has 2 aromatic rings. The van der Waals surface area contributed by atoms with E-state index in [0.717, 1.165) is 18.4 Å². The fourth-order valence-corrected chi connectivity index (χ4v) is 3.26. The Hall–Kier alpha value is -2.96. The molecule has 7 nitrogen and oxygen atoms in total. The summed E-state index contributed by atoms with van der Waals surface area (Å²) >= 11 is 0. The summed E-state index contributed by atoms with van der Waals surface area (Å²) < 4.78 is 4.95. The van der Waals surface area contributed by atoms with Crippen molar-refractivity contribution >= 4 is 11.9 Å². The highest BCUT2D eigenvalue weighted by atomic mass is 16.5. The third kappa shape index (κ3) is 3.99. The lowest BCUT2D eigenvalue weighted by Gasteiger charge is -2.32. The Morgan fingerprint density at radius 1 is 1.15 bits per heavy atom. The molecule has 1 aromatic carbocycles. The van der Waals surface area contributed by atoms with E-state index in [2.05, 4.69) is 10.2 Å². The lowest BCUT2D eigenvalue weighted by atomic mass is 9.88. The number of carbonyl (C=O) groups excluding carboxylic acids is 1. The average molecular weight is 355 g/mol. The Morgan fingerprint density at radius 3 is 2.50 bits per heavy atom. The summed E-state index contributed by atoms with van der Waals surface area (Å²) in [6.07, 6.45) is 2.39. The quantitative estimate of drug-likeness (QED) is 0.884. The molecule has 136 valence electrons. The molecule has 1 saturated heterocycles. The van der Waals surface area contributed by atoms with Gasteiger partial charge in [0.2, 0.25) is 5.88 Å². The summed E-state index contributed by atoms with van der Waals surface area (Å²) in [6.45, 7) is 1.26. The standard InChI is InChI=1S/C19H21N3O4/c1-26-17-7-6-16(20-21-17)18(23)22-10-8-13(9-11-22)12-14-4-2-3-5-15(14)19(24)25/h2-7,13H,8-12H2,1H3,(H,24,25). The van der Waals surface area contributed by atoms with Crippen LogP contribution in [0.3, 0.4) is 0 Å². The Labute approximate surface area is 151 Å². The number of methoxy groups -OCH3 is 1. The summed E-state index contributed by atoms with van der Waals surface area (Å²) in [6, 6.07) is 10.3. The number of likely N-dealkylation sites (tertiary alicyclic amines) is 1. The number of carboxylic acid groups (broad SMARTS) is 1. The average Bonchev–Trinajstić information content (AvgIpc) is 2.68. The van der Waals surface area contributed by atoms with Gasteiger partial charge < -0.3 is 14.7 Å². The molecule has 0 spiro atoms. The van der Waals surface area contributed by atoms with Crippen molar-refractivity contribution in [2.45, 2.75) is 19.3 Å². The van der Waals surface area contributed by atoms with E-state index in [-0.39, 0.29) is 5.91 Å². The van der Waals surface area contributed by atoms with Gasteiger partial charge in [-0.05, 0) is 42.9 Å². The molecule has 3 rings (SSSR count). The van der Waals surface area contributed by atoms with E-state index in [1.807, 2.05) is 12.1 Å². The number of aromatic nitrogens is 2. The SMILES string of the molecule is COc1ccc(C(=O)N2CCC(Cc3ccccc3C(=O)O)CC2)nn1. The van der Waals surface area contributed by atoms with Gasteiger partial charge in [-0.2, -0.15) is 0 Å². The number of amides is 1. The summed E-state index contributed by atoms with van der Waals surface area (Å²) in [7, 11) is 1.50. The van der Waals surface area contributed by atoms with Gasteiger partial charge in [0, 0.05) is 19.2 Å². The minimum atomic E-state index is -0.897. The predicted molar refractivity (Wildman–Crippen MR) is 94.3 cm³/mol. The van der Waals surface area contributed by atoms with Gasteiger partial charge in [0.1, 0.15) is 0 Å². The molecule has 1 aliphatic rings. The number of hydrogen-bond acceptors (Lipinski definition) is 5. The van der Waals surface area contributed by atoms with Gasteiger partial charge in [0.15, 0.2) is 5.69 Å². The molecule has 26 heavy (non-hydrogen) atoms. The van der Waals surface area contributed by atoms with Crippen molar-refractivity contribution in [1.29, 1.82) is 0 Å². The van der Waals surface area contributed by atoms with Crippen LogP contribution in [0.5, 0.6) is 5.88 Å². The van der Waals surface area contributed by atoms with Gasteiger partial charge in [-0.3, -0.25) is 4.79 Å². The number of rotatable bonds is 5. The van der Waals surface area contributed by atoms with Gasteiger partial charge in [0.05, 0.1) is 12.7 Å². The van der Waals surface area contributed by atoms with Crippen LogP contribution in [0.2, 0.25) is 0 Å². The maximum atomic E-state index is 12.5. The van der Waals surface area contributed by atoms with Gasteiger partial charge in [-0.25, -0.2) is 4.79 Å². The second-order valence-corrected chi connectivity index (χ2v) is 6.36. The second kappa shape index (κ2) is 7.95. The lowest BCUT2D eigenvalue weighted by molar-refractivity contribution is 0.0683. The molecule has 1 aliphatic heterocycles. The van der Waals surface area contributed by atoms with E-state index in [4.69, 9.17) is 4.74 Å². The van der Waals surface area contributed by atoms with Gasteiger partial charge >= 0.3 is 5.97 Å². The normalized spacial score (nSPS) is 14.9. The second-order valence-electron chi connectivity index (χ2n) is 6.36. The third-order valence-corrected chi connectivity index (χ3v) is 4.73. The number of benzene rings is 1. The van der Waals surface area contributed by atoms with Crippen molar-refractivity contribution in [3.63, 3.8) is 0 Å². The molecule has 1 aromatic heterocycles.